The fourth-order valence-corrected chi connectivity index (χ4v) is 7.26. The van der Waals surface area contributed by atoms with E-state index >= 15 is 0 Å². The van der Waals surface area contributed by atoms with Gasteiger partial charge in [0.1, 0.15) is 0 Å². The topological polar surface area (TPSA) is 118 Å². The van der Waals surface area contributed by atoms with Gasteiger partial charge < -0.3 is 19.8 Å². The van der Waals surface area contributed by atoms with E-state index in [-0.39, 0.29) is 67.7 Å². The maximum atomic E-state index is 13.4. The average molecular weight is 632 g/mol. The summed E-state index contributed by atoms with van der Waals surface area (Å²) in [5.41, 5.74) is 10.6. The Morgan fingerprint density at radius 1 is 1.00 bits per heavy atom. The Labute approximate surface area is 264 Å². The Morgan fingerprint density at radius 2 is 1.63 bits per heavy atom. The number of nitrogens with zero attached hydrogens (tertiary/aromatic N) is 4. The molecule has 3 aliphatic rings. The molecule has 9 heteroatoms. The third-order valence-corrected chi connectivity index (χ3v) is 9.72. The van der Waals surface area contributed by atoms with E-state index in [2.05, 4.69) is 20.8 Å². The van der Waals surface area contributed by atoms with E-state index in [9.17, 15) is 14.7 Å². The Hall–Kier alpha value is -3.16. The zero-order valence-corrected chi connectivity index (χ0v) is 29.1. The van der Waals surface area contributed by atoms with E-state index in [1.54, 1.807) is 6.92 Å². The van der Waals surface area contributed by atoms with E-state index < -0.39 is 6.10 Å². The minimum atomic E-state index is -0.701. The zero-order chi connectivity index (χ0) is 30.0. The summed E-state index contributed by atoms with van der Waals surface area (Å²) in [4.78, 5) is 45.9. The van der Waals surface area contributed by atoms with Crippen molar-refractivity contribution < 1.29 is 38.9 Å². The van der Waals surface area contributed by atoms with Crippen LogP contribution in [-0.4, -0.2) is 33.9 Å². The van der Waals surface area contributed by atoms with Crippen LogP contribution in [0.3, 0.4) is 0 Å². The summed E-state index contributed by atoms with van der Waals surface area (Å²) < 4.78 is 4.95. The van der Waals surface area contributed by atoms with Gasteiger partial charge in [-0.25, -0.2) is 0 Å². The molecule has 1 N–H and O–H groups in total. The molecule has 3 aromatic heterocycles. The molecule has 0 unspecified atom stereocenters. The Balaban J connectivity index is 0.00000368. The molecule has 220 valence electrons. The second-order valence-electron chi connectivity index (χ2n) is 12.2. The average Bonchev–Trinajstić information content (AvgIpc) is 3.70. The molecule has 3 aromatic rings. The Bertz CT molecular complexity index is 1790. The van der Waals surface area contributed by atoms with Crippen LogP contribution in [-0.2, 0) is 35.4 Å². The molecule has 43 heavy (non-hydrogen) atoms. The summed E-state index contributed by atoms with van der Waals surface area (Å²) in [7, 11) is 1.40. The van der Waals surface area contributed by atoms with Gasteiger partial charge in [-0.3, -0.25) is 19.6 Å². The summed E-state index contributed by atoms with van der Waals surface area (Å²) in [6.45, 7) is 12.2. The van der Waals surface area contributed by atoms with Gasteiger partial charge in [-0.1, -0.05) is 50.1 Å². The first kappa shape index (κ1) is 31.3. The maximum Gasteiger partial charge on any atom is 2.00 e. The smallest absolute Gasteiger partial charge is 0.657 e. The number of ether oxygens (including phenoxy) is 1. The van der Waals surface area contributed by atoms with Crippen molar-refractivity contribution >= 4 is 33.8 Å². The summed E-state index contributed by atoms with van der Waals surface area (Å²) in [6.07, 6.45) is 1.26. The molecule has 0 spiro atoms. The monoisotopic (exact) mass is 630 g/mol. The molecule has 0 radical (unpaired) electrons. The van der Waals surface area contributed by atoms with Gasteiger partial charge in [0.25, 0.3) is 0 Å². The number of carbonyl (C=O) groups excluding carboxylic acids is 2. The van der Waals surface area contributed by atoms with Crippen LogP contribution >= 0.6 is 0 Å². The second-order valence-corrected chi connectivity index (χ2v) is 12.2. The third-order valence-electron chi connectivity index (χ3n) is 9.72. The molecule has 1 aliphatic carbocycles. The third kappa shape index (κ3) is 5.08. The van der Waals surface area contributed by atoms with E-state index in [1.165, 1.54) is 7.11 Å². The van der Waals surface area contributed by atoms with Crippen LogP contribution in [0.4, 0.5) is 0 Å². The van der Waals surface area contributed by atoms with Crippen LogP contribution in [0.25, 0.3) is 22.1 Å². The molecule has 5 heterocycles. The predicted octanol–water partition coefficient (Wildman–Crippen LogP) is 6.12. The van der Waals surface area contributed by atoms with Crippen LogP contribution in [0, 0.1) is 13.8 Å². The molecule has 5 atom stereocenters. The Kier molecular flexibility index (Phi) is 8.54. The van der Waals surface area contributed by atoms with E-state index in [0.29, 0.717) is 17.5 Å². The molecule has 2 aliphatic heterocycles. The predicted molar refractivity (Wildman–Crippen MR) is 161 cm³/mol. The van der Waals surface area contributed by atoms with Crippen molar-refractivity contribution in [2.24, 2.45) is 0 Å². The van der Waals surface area contributed by atoms with Crippen LogP contribution in [0.5, 0.6) is 0 Å². The van der Waals surface area contributed by atoms with Gasteiger partial charge in [0, 0.05) is 64.9 Å². The fourth-order valence-electron chi connectivity index (χ4n) is 7.26. The van der Waals surface area contributed by atoms with Crippen LogP contribution < -0.4 is 9.97 Å². The van der Waals surface area contributed by atoms with Crippen molar-refractivity contribution in [3.8, 4) is 0 Å². The number of ketones is 1. The number of aliphatic hydroxyl groups is 1. The first-order valence-corrected chi connectivity index (χ1v) is 15.0. The number of hydrogen-bond acceptors (Lipinski definition) is 6. The van der Waals surface area contributed by atoms with Crippen molar-refractivity contribution in [3.05, 3.63) is 68.8 Å². The molecule has 8 bridgehead atoms. The number of aliphatic hydroxyl groups excluding tert-OH is 1. The standard InChI is InChI=1S/C34H39N4O4.Zn/c1-8-20-15(2)23-14-28-31(19(6)39)17(4)25(36-28)12-24-16(3)21(9-10-30(41)42-7)33(37-24)22-11-29(40)32-18(5)26(38-34(22)32)13-27(20)35-23;/h12-16,19-21,39H,8-11H2,1-7H3,(H-,35,36,37,38,40);/q-1;+2/p-1/t15-,16+,19+,20-,21+;/m1./s1. The van der Waals surface area contributed by atoms with Crippen molar-refractivity contribution in [3.63, 3.8) is 0 Å². The number of aryl methyl sites for hydroxylation is 2. The van der Waals surface area contributed by atoms with Gasteiger partial charge in [-0.05, 0) is 44.7 Å². The maximum absolute atomic E-state index is 13.4. The molecule has 0 amide bonds. The van der Waals surface area contributed by atoms with Gasteiger partial charge in [0.15, 0.2) is 5.78 Å². The number of aromatic nitrogens is 4. The molecule has 8 nitrogen and oxygen atoms in total. The van der Waals surface area contributed by atoms with Crippen LogP contribution in [0.15, 0.2) is 18.2 Å². The largest absolute Gasteiger partial charge is 2.00 e. The number of Topliss-reactive ketones (excluding diaryl/α,β-unsaturated/α-hetero) is 1. The van der Waals surface area contributed by atoms with Gasteiger partial charge in [0.2, 0.25) is 0 Å². The van der Waals surface area contributed by atoms with E-state index in [0.717, 1.165) is 68.0 Å². The zero-order valence-electron chi connectivity index (χ0n) is 26.1. The SMILES string of the molecule is CC[C@H]1c2cc3[n-]c4c(c5nc(cc6[n-]c(cc(n2)[C@@H]1C)c([C@H](C)O)c6C)[C@@H](C)[C@@H]5CCC(=O)OC)CC(=O)c4c3C.[Zn+2]. The summed E-state index contributed by atoms with van der Waals surface area (Å²) >= 11 is 0. The molecule has 6 rings (SSSR count). The second kappa shape index (κ2) is 11.7. The van der Waals surface area contributed by atoms with Crippen molar-refractivity contribution in [2.45, 2.75) is 97.0 Å². The molecule has 0 saturated heterocycles. The van der Waals surface area contributed by atoms with Gasteiger partial charge in [-0.15, -0.1) is 22.1 Å². The molecule has 0 aromatic carbocycles. The van der Waals surface area contributed by atoms with E-state index in [4.69, 9.17) is 24.7 Å². The van der Waals surface area contributed by atoms with Crippen molar-refractivity contribution in [1.82, 2.24) is 19.9 Å². The first-order valence-electron chi connectivity index (χ1n) is 15.0. The minimum Gasteiger partial charge on any atom is -0.657 e. The van der Waals surface area contributed by atoms with Gasteiger partial charge >= 0.3 is 25.4 Å². The number of esters is 1. The molecule has 0 saturated carbocycles. The number of hydrogen-bond donors (Lipinski definition) is 1. The van der Waals surface area contributed by atoms with Gasteiger partial charge in [0.05, 0.1) is 13.2 Å². The fraction of sp³-hybridized carbons (Fsp3) is 0.471. The molecular weight excluding hydrogens is 594 g/mol. The summed E-state index contributed by atoms with van der Waals surface area (Å²) in [6, 6.07) is 6.06. The van der Waals surface area contributed by atoms with Crippen LogP contribution in [0.2, 0.25) is 0 Å². The quantitative estimate of drug-likeness (QED) is 0.265. The van der Waals surface area contributed by atoms with Gasteiger partial charge in [-0.2, -0.15) is 0 Å². The molecular formula is C34H38N4O4Zn. The summed E-state index contributed by atoms with van der Waals surface area (Å²) in [5, 5.41) is 10.8. The number of carbonyl (C=O) groups is 2. The number of fused-ring (bicyclic) bond motifs is 8. The van der Waals surface area contributed by atoms with E-state index in [1.807, 2.05) is 32.0 Å². The Morgan fingerprint density at radius 3 is 2.30 bits per heavy atom. The van der Waals surface area contributed by atoms with Crippen molar-refractivity contribution in [1.29, 1.82) is 0 Å². The number of rotatable bonds is 5. The molecule has 0 fully saturated rings. The van der Waals surface area contributed by atoms with Crippen molar-refractivity contribution in [2.75, 3.05) is 7.11 Å². The normalized spacial score (nSPS) is 21.5. The summed E-state index contributed by atoms with van der Waals surface area (Å²) in [5.74, 6) is 0.0543. The minimum absolute atomic E-state index is 0. The first-order chi connectivity index (χ1) is 20.0. The van der Waals surface area contributed by atoms with Crippen LogP contribution in [0.1, 0.15) is 132 Å². The number of methoxy groups -OCH3 is 1.